The quantitative estimate of drug-likeness (QED) is 0.650. The maximum Gasteiger partial charge on any atom is 0.279 e. The van der Waals surface area contributed by atoms with E-state index in [4.69, 9.17) is 0 Å². The van der Waals surface area contributed by atoms with Gasteiger partial charge in [-0.25, -0.2) is 4.39 Å². The summed E-state index contributed by atoms with van der Waals surface area (Å²) in [5.41, 5.74) is 5.13. The first-order valence-electron chi connectivity index (χ1n) is 6.58. The van der Waals surface area contributed by atoms with Crippen LogP contribution in [0.4, 0.5) is 4.39 Å². The van der Waals surface area contributed by atoms with E-state index in [1.165, 1.54) is 23.5 Å². The van der Waals surface area contributed by atoms with Crippen LogP contribution in [-0.4, -0.2) is 11.8 Å². The highest BCUT2D eigenvalue weighted by molar-refractivity contribution is 9.10. The Morgan fingerprint density at radius 1 is 0.957 bits per heavy atom. The summed E-state index contributed by atoms with van der Waals surface area (Å²) in [4.78, 5) is 24.4. The van der Waals surface area contributed by atoms with Crippen LogP contribution in [0.2, 0.25) is 0 Å². The predicted octanol–water partition coefficient (Wildman–Crippen LogP) is 3.88. The fourth-order valence-electron chi connectivity index (χ4n) is 1.97. The van der Waals surface area contributed by atoms with Crippen molar-refractivity contribution >= 4 is 49.2 Å². The molecule has 0 spiro atoms. The zero-order valence-corrected chi connectivity index (χ0v) is 14.0. The zero-order valence-electron chi connectivity index (χ0n) is 11.6. The summed E-state index contributed by atoms with van der Waals surface area (Å²) in [6.07, 6.45) is 0. The molecule has 0 radical (unpaired) electrons. The van der Waals surface area contributed by atoms with Gasteiger partial charge in [-0.05, 0) is 53.9 Å². The summed E-state index contributed by atoms with van der Waals surface area (Å²) in [5.74, 6) is -1.22. The lowest BCUT2D eigenvalue weighted by atomic mass is 10.2. The number of rotatable bonds is 2. The highest BCUT2D eigenvalue weighted by Gasteiger charge is 2.12. The highest BCUT2D eigenvalue weighted by Crippen LogP contribution is 2.26. The number of amides is 2. The van der Waals surface area contributed by atoms with Crippen LogP contribution >= 0.6 is 27.3 Å². The molecule has 0 unspecified atom stereocenters. The number of halogens is 2. The van der Waals surface area contributed by atoms with Crippen molar-refractivity contribution in [2.45, 2.75) is 0 Å². The van der Waals surface area contributed by atoms with Crippen molar-refractivity contribution < 1.29 is 14.0 Å². The van der Waals surface area contributed by atoms with Gasteiger partial charge in [-0.15, -0.1) is 11.3 Å². The van der Waals surface area contributed by atoms with E-state index in [0.29, 0.717) is 15.8 Å². The maximum atomic E-state index is 13.2. The van der Waals surface area contributed by atoms with Crippen molar-refractivity contribution in [1.29, 1.82) is 0 Å². The molecule has 23 heavy (non-hydrogen) atoms. The molecule has 0 atom stereocenters. The van der Waals surface area contributed by atoms with Gasteiger partial charge in [0.15, 0.2) is 0 Å². The molecule has 3 aromatic rings. The number of carbonyl (C=O) groups excluding carboxylic acids is 2. The van der Waals surface area contributed by atoms with Gasteiger partial charge in [0.05, 0.1) is 4.88 Å². The van der Waals surface area contributed by atoms with Gasteiger partial charge in [-0.3, -0.25) is 20.4 Å². The van der Waals surface area contributed by atoms with Crippen molar-refractivity contribution in [1.82, 2.24) is 10.9 Å². The van der Waals surface area contributed by atoms with E-state index in [0.717, 1.165) is 9.17 Å². The van der Waals surface area contributed by atoms with Crippen LogP contribution < -0.4 is 10.9 Å². The van der Waals surface area contributed by atoms with Gasteiger partial charge in [0.1, 0.15) is 5.82 Å². The monoisotopic (exact) mass is 392 g/mol. The molecule has 1 heterocycles. The molecular weight excluding hydrogens is 383 g/mol. The van der Waals surface area contributed by atoms with Crippen molar-refractivity contribution in [2.75, 3.05) is 0 Å². The number of hydrazine groups is 1. The van der Waals surface area contributed by atoms with Gasteiger partial charge in [-0.1, -0.05) is 15.9 Å². The molecule has 3 rings (SSSR count). The van der Waals surface area contributed by atoms with E-state index in [1.54, 1.807) is 36.4 Å². The number of benzene rings is 2. The minimum absolute atomic E-state index is 0.356. The first-order valence-corrected chi connectivity index (χ1v) is 8.19. The molecule has 0 saturated heterocycles. The van der Waals surface area contributed by atoms with Gasteiger partial charge in [0.25, 0.3) is 11.8 Å². The Morgan fingerprint density at radius 2 is 1.65 bits per heavy atom. The van der Waals surface area contributed by atoms with Gasteiger partial charge < -0.3 is 0 Å². The van der Waals surface area contributed by atoms with Crippen LogP contribution in [0.3, 0.4) is 0 Å². The molecule has 0 aliphatic heterocycles. The summed E-state index contributed by atoms with van der Waals surface area (Å²) in [7, 11) is 0. The molecule has 0 aliphatic rings. The summed E-state index contributed by atoms with van der Waals surface area (Å²) in [5, 5.41) is 0.652. The molecule has 4 nitrogen and oxygen atoms in total. The molecule has 0 aliphatic carbocycles. The standard InChI is InChI=1S/C16H10BrFN2O2S/c17-11-3-1-9(2-4-11)15(21)19-20-16(22)14-8-10-7-12(18)5-6-13(10)23-14/h1-8H,(H,19,21)(H,20,22). The van der Waals surface area contributed by atoms with Crippen molar-refractivity contribution in [3.63, 3.8) is 0 Å². The second-order valence-electron chi connectivity index (χ2n) is 4.71. The smallest absolute Gasteiger partial charge is 0.267 e. The lowest BCUT2D eigenvalue weighted by molar-refractivity contribution is 0.0849. The Hall–Kier alpha value is -2.25. The fraction of sp³-hybridized carbons (Fsp3) is 0. The van der Waals surface area contributed by atoms with E-state index in [-0.39, 0.29) is 5.82 Å². The summed E-state index contributed by atoms with van der Waals surface area (Å²) in [6, 6.07) is 12.6. The minimum atomic E-state index is -0.447. The van der Waals surface area contributed by atoms with Crippen LogP contribution in [0.25, 0.3) is 10.1 Å². The van der Waals surface area contributed by atoms with E-state index < -0.39 is 11.8 Å². The average Bonchev–Trinajstić information content (AvgIpc) is 2.96. The van der Waals surface area contributed by atoms with Gasteiger partial charge in [0, 0.05) is 14.7 Å². The Labute approximate surface area is 143 Å². The molecule has 2 amide bonds. The second-order valence-corrected chi connectivity index (χ2v) is 6.71. The third kappa shape index (κ3) is 3.57. The number of nitrogens with one attached hydrogen (secondary N) is 2. The first kappa shape index (κ1) is 15.6. The van der Waals surface area contributed by atoms with E-state index >= 15 is 0 Å². The number of hydrogen-bond donors (Lipinski definition) is 2. The largest absolute Gasteiger partial charge is 0.279 e. The van der Waals surface area contributed by atoms with Crippen molar-refractivity contribution in [2.24, 2.45) is 0 Å². The van der Waals surface area contributed by atoms with E-state index in [1.807, 2.05) is 0 Å². The third-order valence-corrected chi connectivity index (χ3v) is 4.74. The Balaban J connectivity index is 1.68. The Morgan fingerprint density at radius 3 is 2.39 bits per heavy atom. The molecule has 0 saturated carbocycles. The average molecular weight is 393 g/mol. The third-order valence-electron chi connectivity index (χ3n) is 3.10. The lowest BCUT2D eigenvalue weighted by Crippen LogP contribution is -2.41. The number of hydrogen-bond acceptors (Lipinski definition) is 3. The fourth-order valence-corrected chi connectivity index (χ4v) is 3.18. The molecule has 1 aromatic heterocycles. The first-order chi connectivity index (χ1) is 11.0. The normalized spacial score (nSPS) is 10.5. The lowest BCUT2D eigenvalue weighted by Gasteiger charge is -2.06. The van der Waals surface area contributed by atoms with Crippen LogP contribution in [0.15, 0.2) is 53.0 Å². The molecule has 7 heteroatoms. The molecule has 0 fully saturated rings. The Bertz CT molecular complexity index is 893. The van der Waals surface area contributed by atoms with Crippen LogP contribution in [0.1, 0.15) is 20.0 Å². The second kappa shape index (κ2) is 6.47. The molecular formula is C16H10BrFN2O2S. The Kier molecular flexibility index (Phi) is 4.40. The molecule has 2 N–H and O–H groups in total. The van der Waals surface area contributed by atoms with Crippen molar-refractivity contribution in [3.05, 3.63) is 69.3 Å². The van der Waals surface area contributed by atoms with Crippen LogP contribution in [0.5, 0.6) is 0 Å². The molecule has 2 aromatic carbocycles. The van der Waals surface area contributed by atoms with Crippen LogP contribution in [0, 0.1) is 5.82 Å². The predicted molar refractivity (Wildman–Crippen MR) is 90.9 cm³/mol. The van der Waals surface area contributed by atoms with Crippen LogP contribution in [-0.2, 0) is 0 Å². The topological polar surface area (TPSA) is 58.2 Å². The number of fused-ring (bicyclic) bond motifs is 1. The van der Waals surface area contributed by atoms with E-state index in [9.17, 15) is 14.0 Å². The summed E-state index contributed by atoms with van der Waals surface area (Å²) < 4.78 is 14.8. The minimum Gasteiger partial charge on any atom is -0.267 e. The van der Waals surface area contributed by atoms with Gasteiger partial charge >= 0.3 is 0 Å². The highest BCUT2D eigenvalue weighted by atomic mass is 79.9. The SMILES string of the molecule is O=C(NNC(=O)c1cc2cc(F)ccc2s1)c1ccc(Br)cc1. The summed E-state index contributed by atoms with van der Waals surface area (Å²) in [6.45, 7) is 0. The number of thiophene rings is 1. The molecule has 116 valence electrons. The van der Waals surface area contributed by atoms with Gasteiger partial charge in [0.2, 0.25) is 0 Å². The molecule has 0 bridgehead atoms. The summed E-state index contributed by atoms with van der Waals surface area (Å²) >= 11 is 4.51. The van der Waals surface area contributed by atoms with Crippen molar-refractivity contribution in [3.8, 4) is 0 Å². The van der Waals surface area contributed by atoms with Gasteiger partial charge in [-0.2, -0.15) is 0 Å². The maximum absolute atomic E-state index is 13.2. The zero-order chi connectivity index (χ0) is 16.4. The number of carbonyl (C=O) groups is 2. The van der Waals surface area contributed by atoms with E-state index in [2.05, 4.69) is 26.8 Å².